The Morgan fingerprint density at radius 1 is 0.564 bits per heavy atom. The summed E-state index contributed by atoms with van der Waals surface area (Å²) in [5.41, 5.74) is 21.2. The zero-order valence-corrected chi connectivity index (χ0v) is 31.6. The van der Waals surface area contributed by atoms with Gasteiger partial charge in [-0.3, -0.25) is 0 Å². The summed E-state index contributed by atoms with van der Waals surface area (Å²) in [6.45, 7) is 7.26. The Bertz CT molecular complexity index is 3270. The highest BCUT2D eigenvalue weighted by Crippen LogP contribution is 2.54. The minimum Gasteiger partial charge on any atom is -0.310 e. The van der Waals surface area contributed by atoms with Gasteiger partial charge < -0.3 is 14.0 Å². The standard InChI is InChI=1S/C50H34BN3S/c1-29-26-40-44-41(27-29)54-46-36(49-48(54)34-25-24-32(28-42(34)55-49)52(30-14-6-4-7-15-30)31-16-8-5-9-17-31)20-13-23-39(46)51(44)38-22-12-19-35-43-47(53(40)45(35)38)33-18-10-11-21-37(33)50(43,2)3/h4-28H,1-3H3. The average molecular weight is 720 g/mol. The topological polar surface area (TPSA) is 13.1 Å². The fourth-order valence-electron chi connectivity index (χ4n) is 10.8. The predicted octanol–water partition coefficient (Wildman–Crippen LogP) is 11.2. The number of hydrogen-bond acceptors (Lipinski definition) is 2. The molecule has 0 fully saturated rings. The third-order valence-electron chi connectivity index (χ3n) is 12.9. The summed E-state index contributed by atoms with van der Waals surface area (Å²) in [6, 6.07) is 56.7. The second-order valence-corrected chi connectivity index (χ2v) is 17.2. The first kappa shape index (κ1) is 30.1. The monoisotopic (exact) mass is 719 g/mol. The number of aryl methyl sites for hydroxylation is 1. The van der Waals surface area contributed by atoms with Crippen molar-refractivity contribution in [3.63, 3.8) is 0 Å². The van der Waals surface area contributed by atoms with Crippen LogP contribution in [-0.4, -0.2) is 15.8 Å². The van der Waals surface area contributed by atoms with Gasteiger partial charge in [-0.25, -0.2) is 0 Å². The number of hydrogen-bond donors (Lipinski definition) is 0. The van der Waals surface area contributed by atoms with Gasteiger partial charge in [0.1, 0.15) is 0 Å². The lowest BCUT2D eigenvalue weighted by Gasteiger charge is -2.34. The highest BCUT2D eigenvalue weighted by molar-refractivity contribution is 7.26. The number of para-hydroxylation sites is 4. The van der Waals surface area contributed by atoms with Crippen LogP contribution in [0.3, 0.4) is 0 Å². The highest BCUT2D eigenvalue weighted by atomic mass is 32.1. The van der Waals surface area contributed by atoms with Gasteiger partial charge in [-0.1, -0.05) is 111 Å². The van der Waals surface area contributed by atoms with E-state index in [-0.39, 0.29) is 12.1 Å². The summed E-state index contributed by atoms with van der Waals surface area (Å²) in [7, 11) is 0. The highest BCUT2D eigenvalue weighted by Gasteiger charge is 2.46. The van der Waals surface area contributed by atoms with Gasteiger partial charge in [-0.2, -0.15) is 0 Å². The van der Waals surface area contributed by atoms with Gasteiger partial charge in [-0.15, -0.1) is 11.3 Å². The van der Waals surface area contributed by atoms with Crippen LogP contribution in [0.25, 0.3) is 64.7 Å². The lowest BCUT2D eigenvalue weighted by Crippen LogP contribution is -2.59. The fourth-order valence-corrected chi connectivity index (χ4v) is 12.0. The molecule has 3 aliphatic rings. The average Bonchev–Trinajstić information content (AvgIpc) is 3.92. The molecule has 0 amide bonds. The lowest BCUT2D eigenvalue weighted by molar-refractivity contribution is 0.666. The van der Waals surface area contributed by atoms with Gasteiger partial charge in [0.25, 0.3) is 6.71 Å². The van der Waals surface area contributed by atoms with Crippen LogP contribution >= 0.6 is 11.3 Å². The van der Waals surface area contributed by atoms with Crippen LogP contribution in [-0.2, 0) is 5.41 Å². The van der Waals surface area contributed by atoms with Crippen LogP contribution in [0, 0.1) is 6.92 Å². The van der Waals surface area contributed by atoms with Crippen LogP contribution < -0.4 is 21.3 Å². The minimum atomic E-state index is -0.0939. The first-order chi connectivity index (χ1) is 27.0. The van der Waals surface area contributed by atoms with E-state index in [1.54, 1.807) is 0 Å². The second-order valence-electron chi connectivity index (χ2n) is 16.2. The summed E-state index contributed by atoms with van der Waals surface area (Å²) < 4.78 is 7.95. The summed E-state index contributed by atoms with van der Waals surface area (Å²) in [5.74, 6) is 0. The molecule has 3 nitrogen and oxygen atoms in total. The van der Waals surface area contributed by atoms with E-state index >= 15 is 0 Å². The van der Waals surface area contributed by atoms with E-state index in [0.717, 1.165) is 17.1 Å². The van der Waals surface area contributed by atoms with Gasteiger partial charge in [0.05, 0.1) is 21.4 Å². The number of thiophene rings is 1. The number of fused-ring (bicyclic) bond motifs is 14. The van der Waals surface area contributed by atoms with Crippen molar-refractivity contribution in [1.29, 1.82) is 0 Å². The molecule has 0 N–H and O–H groups in total. The molecular formula is C50H34BN3S. The number of nitrogens with zero attached hydrogens (tertiary/aromatic N) is 3. The SMILES string of the molecule is Cc1cc2c3c(c1)-n1c4c(cccc4c4sc5cc(N(c6ccccc6)c6ccccc6)ccc5c41)B3c1cccc3c4c(n-2c13)-c1ccccc1C4(C)C. The summed E-state index contributed by atoms with van der Waals surface area (Å²) in [5, 5.41) is 4.03. The number of anilines is 3. The van der Waals surface area contributed by atoms with Crippen molar-refractivity contribution in [1.82, 2.24) is 9.13 Å². The van der Waals surface area contributed by atoms with Crippen molar-refractivity contribution in [3.8, 4) is 22.6 Å². The quantitative estimate of drug-likeness (QED) is 0.166. The number of rotatable bonds is 3. The van der Waals surface area contributed by atoms with Crippen LogP contribution in [0.4, 0.5) is 17.1 Å². The number of benzene rings is 7. The van der Waals surface area contributed by atoms with E-state index in [0.29, 0.717) is 0 Å². The molecule has 0 atom stereocenters. The molecule has 10 aromatic rings. The lowest BCUT2D eigenvalue weighted by atomic mass is 9.34. The smallest absolute Gasteiger partial charge is 0.252 e. The molecule has 0 saturated carbocycles. The third-order valence-corrected chi connectivity index (χ3v) is 14.0. The van der Waals surface area contributed by atoms with Gasteiger partial charge in [-0.05, 0) is 94.6 Å². The Morgan fingerprint density at radius 3 is 1.93 bits per heavy atom. The molecule has 258 valence electrons. The van der Waals surface area contributed by atoms with Gasteiger partial charge in [0, 0.05) is 65.8 Å². The molecule has 0 radical (unpaired) electrons. The molecule has 7 aromatic carbocycles. The molecule has 0 unspecified atom stereocenters. The zero-order chi connectivity index (χ0) is 36.3. The Balaban J connectivity index is 1.11. The molecule has 5 heterocycles. The molecule has 0 spiro atoms. The summed E-state index contributed by atoms with van der Waals surface area (Å²) >= 11 is 1.93. The van der Waals surface area contributed by atoms with Crippen molar-refractivity contribution in [2.75, 3.05) is 4.90 Å². The fraction of sp³-hybridized carbons (Fsp3) is 0.0800. The molecular weight excluding hydrogens is 685 g/mol. The van der Waals surface area contributed by atoms with Crippen molar-refractivity contribution in [2.45, 2.75) is 26.2 Å². The van der Waals surface area contributed by atoms with Crippen LogP contribution in [0.5, 0.6) is 0 Å². The molecule has 13 rings (SSSR count). The largest absolute Gasteiger partial charge is 0.310 e. The van der Waals surface area contributed by atoms with E-state index in [1.807, 2.05) is 11.3 Å². The Kier molecular flexibility index (Phi) is 5.61. The van der Waals surface area contributed by atoms with Crippen molar-refractivity contribution < 1.29 is 0 Å². The van der Waals surface area contributed by atoms with Gasteiger partial charge in [0.2, 0.25) is 0 Å². The van der Waals surface area contributed by atoms with Crippen molar-refractivity contribution in [3.05, 3.63) is 168 Å². The summed E-state index contributed by atoms with van der Waals surface area (Å²) in [4.78, 5) is 2.37. The molecule has 2 aliphatic heterocycles. The van der Waals surface area contributed by atoms with Gasteiger partial charge in [0.15, 0.2) is 0 Å². The molecule has 3 aromatic heterocycles. The summed E-state index contributed by atoms with van der Waals surface area (Å²) in [6.07, 6.45) is 0. The normalized spacial score (nSPS) is 14.2. The maximum absolute atomic E-state index is 2.65. The van der Waals surface area contributed by atoms with E-state index in [2.05, 4.69) is 186 Å². The third kappa shape index (κ3) is 3.63. The van der Waals surface area contributed by atoms with Crippen molar-refractivity contribution in [2.24, 2.45) is 0 Å². The van der Waals surface area contributed by atoms with Crippen LogP contribution in [0.2, 0.25) is 0 Å². The van der Waals surface area contributed by atoms with E-state index in [1.165, 1.54) is 97.8 Å². The molecule has 1 aliphatic carbocycles. The first-order valence-corrected chi connectivity index (χ1v) is 20.1. The zero-order valence-electron chi connectivity index (χ0n) is 30.8. The van der Waals surface area contributed by atoms with Gasteiger partial charge >= 0.3 is 0 Å². The Labute approximate surface area is 323 Å². The van der Waals surface area contributed by atoms with E-state index in [4.69, 9.17) is 0 Å². The molecule has 55 heavy (non-hydrogen) atoms. The maximum Gasteiger partial charge on any atom is 0.252 e. The molecule has 5 heteroatoms. The number of aromatic nitrogens is 2. The maximum atomic E-state index is 2.65. The van der Waals surface area contributed by atoms with E-state index < -0.39 is 0 Å². The minimum absolute atomic E-state index is 0.0939. The van der Waals surface area contributed by atoms with Crippen molar-refractivity contribution >= 4 is 93.6 Å². The molecule has 0 bridgehead atoms. The van der Waals surface area contributed by atoms with E-state index in [9.17, 15) is 0 Å². The van der Waals surface area contributed by atoms with Crippen LogP contribution in [0.1, 0.15) is 30.5 Å². The van der Waals surface area contributed by atoms with Crippen LogP contribution in [0.15, 0.2) is 152 Å². The Hall–Kier alpha value is -6.30. The second kappa shape index (κ2) is 10.3. The first-order valence-electron chi connectivity index (χ1n) is 19.3. The predicted molar refractivity (Wildman–Crippen MR) is 235 cm³/mol. The Morgan fingerprint density at radius 2 is 1.20 bits per heavy atom. The molecule has 0 saturated heterocycles.